The van der Waals surface area contributed by atoms with Gasteiger partial charge in [-0.1, -0.05) is 0 Å². The predicted octanol–water partition coefficient (Wildman–Crippen LogP) is 1.46. The van der Waals surface area contributed by atoms with E-state index in [1.165, 1.54) is 0 Å². The Morgan fingerprint density at radius 3 is 2.83 bits per heavy atom. The van der Waals surface area contributed by atoms with E-state index < -0.39 is 0 Å². The van der Waals surface area contributed by atoms with Crippen molar-refractivity contribution >= 4 is 8.35 Å². The second-order valence-corrected chi connectivity index (χ2v) is 1.54. The molecule has 0 bridgehead atoms. The highest BCUT2D eigenvalue weighted by Gasteiger charge is 1.61. The molecule has 0 atom stereocenters. The molecule has 1 aromatic rings. The zero-order chi connectivity index (χ0) is 4.24. The van der Waals surface area contributed by atoms with Crippen LogP contribution in [0.25, 0.3) is 0 Å². The average molecular weight is 96.0 g/mol. The number of rotatable bonds is 0. The van der Waals surface area contributed by atoms with Crippen LogP contribution >= 0.6 is 8.35 Å². The van der Waals surface area contributed by atoms with Gasteiger partial charge < -0.3 is 0 Å². The van der Waals surface area contributed by atoms with Crippen molar-refractivity contribution in [2.45, 2.75) is 0 Å². The van der Waals surface area contributed by atoms with E-state index in [9.17, 15) is 0 Å². The molecule has 0 spiro atoms. The summed E-state index contributed by atoms with van der Waals surface area (Å²) in [7, 11) is 0.931. The SMILES string of the molecule is [c]1cccnp1. The Bertz CT molecular complexity index is 79.5. The molecule has 6 heavy (non-hydrogen) atoms. The number of aromatic nitrogens is 1. The van der Waals surface area contributed by atoms with E-state index in [-0.39, 0.29) is 0 Å². The van der Waals surface area contributed by atoms with E-state index in [0.717, 1.165) is 8.35 Å². The van der Waals surface area contributed by atoms with E-state index in [2.05, 4.69) is 10.5 Å². The molecule has 1 radical (unpaired) electrons. The minimum atomic E-state index is 0.931. The third-order valence-electron chi connectivity index (χ3n) is 0.439. The van der Waals surface area contributed by atoms with Crippen LogP contribution in [0.15, 0.2) is 18.3 Å². The lowest BCUT2D eigenvalue weighted by molar-refractivity contribution is 1.53. The molecule has 0 saturated heterocycles. The predicted molar refractivity (Wildman–Crippen MR) is 25.6 cm³/mol. The first-order valence-electron chi connectivity index (χ1n) is 1.64. The molecule has 0 amide bonds. The van der Waals surface area contributed by atoms with E-state index >= 15 is 0 Å². The molecule has 0 fully saturated rings. The first-order valence-corrected chi connectivity index (χ1v) is 2.48. The largest absolute Gasteiger partial charge is 0.235 e. The minimum Gasteiger partial charge on any atom is -0.235 e. The van der Waals surface area contributed by atoms with Crippen LogP contribution in [0.4, 0.5) is 0 Å². The Hall–Kier alpha value is -0.420. The molecule has 2 heteroatoms. The van der Waals surface area contributed by atoms with Crippen LogP contribution in [0.1, 0.15) is 0 Å². The van der Waals surface area contributed by atoms with Gasteiger partial charge in [0, 0.05) is 20.3 Å². The van der Waals surface area contributed by atoms with Crippen LogP contribution in [0.5, 0.6) is 0 Å². The summed E-state index contributed by atoms with van der Waals surface area (Å²) in [6.45, 7) is 0. The zero-order valence-corrected chi connectivity index (χ0v) is 4.02. The summed E-state index contributed by atoms with van der Waals surface area (Å²) in [5.74, 6) is 2.88. The normalized spacial score (nSPS) is 9.33. The summed E-state index contributed by atoms with van der Waals surface area (Å²) in [4.78, 5) is 0. The van der Waals surface area contributed by atoms with Gasteiger partial charge in [-0.2, -0.15) is 0 Å². The monoisotopic (exact) mass is 96.0 g/mol. The fraction of sp³-hybridized carbons (Fsp3) is 0. The van der Waals surface area contributed by atoms with Crippen molar-refractivity contribution in [3.63, 3.8) is 0 Å². The third-order valence-corrected chi connectivity index (χ3v) is 0.952. The highest BCUT2D eigenvalue weighted by atomic mass is 31.0. The molecule has 0 aromatic carbocycles. The van der Waals surface area contributed by atoms with Gasteiger partial charge in [0.05, 0.1) is 0 Å². The first kappa shape index (κ1) is 3.76. The highest BCUT2D eigenvalue weighted by Crippen LogP contribution is 1.89. The van der Waals surface area contributed by atoms with Crippen LogP contribution in [0.3, 0.4) is 0 Å². The summed E-state index contributed by atoms with van der Waals surface area (Å²) in [5.41, 5.74) is 0. The van der Waals surface area contributed by atoms with E-state index in [4.69, 9.17) is 0 Å². The van der Waals surface area contributed by atoms with Gasteiger partial charge in [-0.25, -0.2) is 4.75 Å². The quantitative estimate of drug-likeness (QED) is 0.476. The smallest absolute Gasteiger partial charge is 0.0462 e. The number of hydrogen-bond acceptors (Lipinski definition) is 1. The minimum absolute atomic E-state index is 0.931. The van der Waals surface area contributed by atoms with E-state index in [1.807, 2.05) is 12.1 Å². The Labute approximate surface area is 38.2 Å². The molecular formula is C4H3NP. The maximum Gasteiger partial charge on any atom is 0.0462 e. The van der Waals surface area contributed by atoms with E-state index in [1.54, 1.807) is 6.20 Å². The lowest BCUT2D eigenvalue weighted by atomic mass is 10.7. The van der Waals surface area contributed by atoms with E-state index in [0.29, 0.717) is 0 Å². The van der Waals surface area contributed by atoms with Crippen molar-refractivity contribution in [2.75, 3.05) is 0 Å². The molecule has 0 aliphatic rings. The zero-order valence-electron chi connectivity index (χ0n) is 3.13. The van der Waals surface area contributed by atoms with Gasteiger partial charge in [-0.05, 0) is 12.1 Å². The summed E-state index contributed by atoms with van der Waals surface area (Å²) in [6.07, 6.45) is 1.76. The van der Waals surface area contributed by atoms with Crippen molar-refractivity contribution in [2.24, 2.45) is 0 Å². The Morgan fingerprint density at radius 1 is 1.67 bits per heavy atom. The molecule has 1 aromatic heterocycles. The lowest BCUT2D eigenvalue weighted by Gasteiger charge is -1.67. The van der Waals surface area contributed by atoms with Gasteiger partial charge in [-0.3, -0.25) is 0 Å². The van der Waals surface area contributed by atoms with Crippen LogP contribution in [-0.4, -0.2) is 4.75 Å². The third kappa shape index (κ3) is 0.765. The topological polar surface area (TPSA) is 12.9 Å². The maximum absolute atomic E-state index is 3.83. The van der Waals surface area contributed by atoms with Crippen molar-refractivity contribution in [3.8, 4) is 0 Å². The summed E-state index contributed by atoms with van der Waals surface area (Å²) in [6, 6.07) is 3.71. The highest BCUT2D eigenvalue weighted by molar-refractivity contribution is 7.23. The van der Waals surface area contributed by atoms with Crippen molar-refractivity contribution < 1.29 is 0 Å². The standard InChI is InChI=1S/C4H3NP/c1-2-4-6-5-3-1/h1-3H. The van der Waals surface area contributed by atoms with Crippen LogP contribution < -0.4 is 0 Å². The van der Waals surface area contributed by atoms with Gasteiger partial charge >= 0.3 is 0 Å². The Morgan fingerprint density at radius 2 is 2.67 bits per heavy atom. The second-order valence-electron chi connectivity index (χ2n) is 0.853. The second kappa shape index (κ2) is 1.89. The first-order chi connectivity index (χ1) is 3.00. The molecule has 1 heterocycles. The Balaban J connectivity index is 3.00. The van der Waals surface area contributed by atoms with Crippen LogP contribution in [0, 0.1) is 5.80 Å². The molecule has 0 saturated carbocycles. The van der Waals surface area contributed by atoms with Crippen molar-refractivity contribution in [3.05, 3.63) is 24.1 Å². The van der Waals surface area contributed by atoms with Crippen LogP contribution in [-0.2, 0) is 0 Å². The molecular weight excluding hydrogens is 93.0 g/mol. The lowest BCUT2D eigenvalue weighted by Crippen LogP contribution is -1.50. The molecule has 0 aliphatic carbocycles. The van der Waals surface area contributed by atoms with Gasteiger partial charge in [0.25, 0.3) is 0 Å². The van der Waals surface area contributed by atoms with Crippen LogP contribution in [0.2, 0.25) is 0 Å². The van der Waals surface area contributed by atoms with Gasteiger partial charge in [-0.15, -0.1) is 0 Å². The van der Waals surface area contributed by atoms with Gasteiger partial charge in [0.1, 0.15) is 0 Å². The fourth-order valence-electron chi connectivity index (χ4n) is 0.225. The van der Waals surface area contributed by atoms with Gasteiger partial charge in [0.15, 0.2) is 0 Å². The number of nitrogens with zero attached hydrogens (tertiary/aromatic N) is 1. The molecule has 0 unspecified atom stereocenters. The summed E-state index contributed by atoms with van der Waals surface area (Å²) < 4.78 is 3.83. The van der Waals surface area contributed by atoms with Gasteiger partial charge in [0.2, 0.25) is 0 Å². The maximum atomic E-state index is 3.83. The summed E-state index contributed by atoms with van der Waals surface area (Å²) in [5, 5.41) is 0. The van der Waals surface area contributed by atoms with Crippen molar-refractivity contribution in [1.82, 2.24) is 4.75 Å². The Kier molecular flexibility index (Phi) is 1.18. The molecule has 29 valence electrons. The average Bonchev–Trinajstić information content (AvgIpc) is 1.72. The fourth-order valence-corrected chi connectivity index (χ4v) is 0.588. The summed E-state index contributed by atoms with van der Waals surface area (Å²) >= 11 is 0. The molecule has 1 nitrogen and oxygen atoms in total. The molecule has 1 rings (SSSR count). The molecule has 0 N–H and O–H groups in total. The number of hydrogen-bond donors (Lipinski definition) is 0. The molecule has 0 aliphatic heterocycles. The van der Waals surface area contributed by atoms with Crippen molar-refractivity contribution in [1.29, 1.82) is 0 Å².